The first-order chi connectivity index (χ1) is 25.1. The average molecular weight is 724 g/mol. The Balaban J connectivity index is 4.55. The highest BCUT2D eigenvalue weighted by Gasteiger charge is 2.25. The second-order valence-electron chi connectivity index (χ2n) is 13.6. The van der Waals surface area contributed by atoms with Crippen LogP contribution < -0.4 is 5.11 Å². The van der Waals surface area contributed by atoms with E-state index >= 15 is 0 Å². The molecule has 0 rings (SSSR count). The molecule has 0 amide bonds. The molecular formula is C44H69NO7. The van der Waals surface area contributed by atoms with Crippen molar-refractivity contribution in [1.82, 2.24) is 0 Å². The lowest BCUT2D eigenvalue weighted by Gasteiger charge is -2.34. The molecule has 292 valence electrons. The van der Waals surface area contributed by atoms with Crippen molar-refractivity contribution in [1.29, 1.82) is 0 Å². The van der Waals surface area contributed by atoms with Crippen LogP contribution in [0, 0.1) is 0 Å². The Morgan fingerprint density at radius 3 is 1.52 bits per heavy atom. The van der Waals surface area contributed by atoms with E-state index in [1.807, 2.05) is 66.8 Å². The maximum absolute atomic E-state index is 12.6. The number of carbonyl (C=O) groups is 3. The van der Waals surface area contributed by atoms with E-state index in [9.17, 15) is 19.5 Å². The minimum Gasteiger partial charge on any atom is -0.544 e. The molecule has 0 aromatic heterocycles. The van der Waals surface area contributed by atoms with Gasteiger partial charge in [-0.25, -0.2) is 0 Å². The minimum atomic E-state index is -1.14. The molecule has 0 N–H and O–H groups in total. The number of carbonyl (C=O) groups excluding carboxylic acids is 3. The molecule has 0 radical (unpaired) electrons. The van der Waals surface area contributed by atoms with Crippen LogP contribution in [0.1, 0.15) is 110 Å². The zero-order valence-electron chi connectivity index (χ0n) is 32.9. The van der Waals surface area contributed by atoms with E-state index in [-0.39, 0.29) is 49.1 Å². The van der Waals surface area contributed by atoms with Gasteiger partial charge in [-0.3, -0.25) is 9.59 Å². The number of carboxylic acids is 1. The summed E-state index contributed by atoms with van der Waals surface area (Å²) in [7, 11) is 5.36. The van der Waals surface area contributed by atoms with E-state index in [2.05, 4.69) is 44.2 Å². The number of unbranched alkanes of at least 4 members (excludes halogenated alkanes) is 8. The summed E-state index contributed by atoms with van der Waals surface area (Å²) in [5.41, 5.74) is 0. The molecule has 52 heavy (non-hydrogen) atoms. The summed E-state index contributed by atoms with van der Waals surface area (Å²) in [6, 6.07) is -0.742. The van der Waals surface area contributed by atoms with Crippen LogP contribution in [0.15, 0.2) is 97.2 Å². The lowest BCUT2D eigenvalue weighted by molar-refractivity contribution is -0.889. The molecule has 0 saturated carbocycles. The molecule has 0 bridgehead atoms. The van der Waals surface area contributed by atoms with Crippen LogP contribution >= 0.6 is 0 Å². The SMILES string of the molecule is CC/C=C/C=C/C=C/C=C/CCCCCCCC(=O)OCC(COCCC(C(=O)[O-])[N+](C)(C)C)OC(=O)CCCCC/C=C/C=C/C=C/C=C/CC. The van der Waals surface area contributed by atoms with Crippen LogP contribution in [-0.4, -0.2) is 75.5 Å². The van der Waals surface area contributed by atoms with E-state index < -0.39 is 18.1 Å². The zero-order chi connectivity index (χ0) is 38.5. The second-order valence-corrected chi connectivity index (χ2v) is 13.6. The van der Waals surface area contributed by atoms with Crippen molar-refractivity contribution in [3.63, 3.8) is 0 Å². The second kappa shape index (κ2) is 34.3. The number of hydrogen-bond donors (Lipinski definition) is 0. The quantitative estimate of drug-likeness (QED) is 0.0297. The fourth-order valence-electron chi connectivity index (χ4n) is 4.91. The van der Waals surface area contributed by atoms with Gasteiger partial charge in [0.05, 0.1) is 40.3 Å². The molecular weight excluding hydrogens is 654 g/mol. The van der Waals surface area contributed by atoms with Crippen molar-refractivity contribution >= 4 is 17.9 Å². The van der Waals surface area contributed by atoms with Gasteiger partial charge in [0.15, 0.2) is 6.10 Å². The number of likely N-dealkylation sites (N-methyl/N-ethyl adjacent to an activating group) is 1. The molecule has 0 spiro atoms. The van der Waals surface area contributed by atoms with Gasteiger partial charge in [0.2, 0.25) is 0 Å². The standard InChI is InChI=1S/C44H69NO7/c1-6-8-10-12-14-16-18-20-21-23-24-26-28-30-32-34-42(46)51-39-40(38-50-37-36-41(44(48)49)45(3,4)5)52-43(47)35-33-31-29-27-25-22-19-17-15-13-11-9-7-2/h8-22,25,40-41H,6-7,23-24,26-39H2,1-5H3/b10-8+,11-9+,14-12+,15-13+,18-16+,19-17+,21-20+,25-22+. The smallest absolute Gasteiger partial charge is 0.306 e. The highest BCUT2D eigenvalue weighted by molar-refractivity contribution is 5.70. The molecule has 0 saturated heterocycles. The van der Waals surface area contributed by atoms with E-state index in [1.165, 1.54) is 0 Å². The summed E-state index contributed by atoms with van der Waals surface area (Å²) < 4.78 is 17.0. The summed E-state index contributed by atoms with van der Waals surface area (Å²) in [6.45, 7) is 4.27. The van der Waals surface area contributed by atoms with Crippen molar-refractivity contribution < 1.29 is 38.2 Å². The maximum Gasteiger partial charge on any atom is 0.306 e. The van der Waals surface area contributed by atoms with Gasteiger partial charge in [-0.1, -0.05) is 137 Å². The lowest BCUT2D eigenvalue weighted by atomic mass is 10.1. The van der Waals surface area contributed by atoms with Gasteiger partial charge in [-0.2, -0.15) is 0 Å². The fraction of sp³-hybridized carbons (Fsp3) is 0.568. The molecule has 8 nitrogen and oxygen atoms in total. The van der Waals surface area contributed by atoms with Crippen molar-refractivity contribution in [2.45, 2.75) is 122 Å². The minimum absolute atomic E-state index is 0.00949. The van der Waals surface area contributed by atoms with Crippen molar-refractivity contribution in [2.75, 3.05) is 41.0 Å². The Labute approximate surface area is 316 Å². The van der Waals surface area contributed by atoms with E-state index in [0.717, 1.165) is 70.6 Å². The highest BCUT2D eigenvalue weighted by Crippen LogP contribution is 2.11. The summed E-state index contributed by atoms with van der Waals surface area (Å²) >= 11 is 0. The molecule has 0 heterocycles. The number of nitrogens with zero attached hydrogens (tertiary/aromatic N) is 1. The van der Waals surface area contributed by atoms with E-state index in [0.29, 0.717) is 12.8 Å². The average Bonchev–Trinajstić information content (AvgIpc) is 3.09. The Hall–Kier alpha value is -3.75. The summed E-state index contributed by atoms with van der Waals surface area (Å²) in [5, 5.41) is 11.6. The van der Waals surface area contributed by atoms with Gasteiger partial charge in [-0.05, 0) is 51.4 Å². The third kappa shape index (κ3) is 32.2. The van der Waals surface area contributed by atoms with Gasteiger partial charge in [-0.15, -0.1) is 0 Å². The topological polar surface area (TPSA) is 102 Å². The Morgan fingerprint density at radius 2 is 1.02 bits per heavy atom. The van der Waals surface area contributed by atoms with E-state index in [1.54, 1.807) is 21.1 Å². The molecule has 0 fully saturated rings. The summed E-state index contributed by atoms with van der Waals surface area (Å²) in [6.07, 6.45) is 44.3. The lowest BCUT2D eigenvalue weighted by Crippen LogP contribution is -2.55. The monoisotopic (exact) mass is 724 g/mol. The number of esters is 2. The van der Waals surface area contributed by atoms with Crippen molar-refractivity contribution in [3.05, 3.63) is 97.2 Å². The molecule has 2 unspecified atom stereocenters. The van der Waals surface area contributed by atoms with Gasteiger partial charge >= 0.3 is 11.9 Å². The van der Waals surface area contributed by atoms with Crippen molar-refractivity contribution in [3.8, 4) is 0 Å². The van der Waals surface area contributed by atoms with Crippen LogP contribution in [0.2, 0.25) is 0 Å². The third-order valence-electron chi connectivity index (χ3n) is 7.91. The first kappa shape index (κ1) is 48.2. The van der Waals surface area contributed by atoms with Gasteiger partial charge < -0.3 is 28.6 Å². The van der Waals surface area contributed by atoms with Gasteiger partial charge in [0, 0.05) is 19.3 Å². The molecule has 2 atom stereocenters. The van der Waals surface area contributed by atoms with Gasteiger partial charge in [0.1, 0.15) is 12.6 Å². The molecule has 0 aliphatic heterocycles. The highest BCUT2D eigenvalue weighted by atomic mass is 16.6. The third-order valence-corrected chi connectivity index (χ3v) is 7.91. The number of hydrogen-bond acceptors (Lipinski definition) is 7. The Morgan fingerprint density at radius 1 is 0.577 bits per heavy atom. The van der Waals surface area contributed by atoms with Gasteiger partial charge in [0.25, 0.3) is 0 Å². The number of quaternary nitrogens is 1. The predicted octanol–water partition coefficient (Wildman–Crippen LogP) is 8.62. The van der Waals surface area contributed by atoms with Crippen LogP contribution in [-0.2, 0) is 28.6 Å². The molecule has 0 aromatic carbocycles. The summed E-state index contributed by atoms with van der Waals surface area (Å²) in [5.74, 6) is -1.84. The van der Waals surface area contributed by atoms with Crippen LogP contribution in [0.3, 0.4) is 0 Å². The number of ether oxygens (including phenoxy) is 3. The number of carboxylic acid groups (broad SMARTS) is 1. The summed E-state index contributed by atoms with van der Waals surface area (Å²) in [4.78, 5) is 36.7. The fourth-order valence-corrected chi connectivity index (χ4v) is 4.91. The molecule has 0 aliphatic rings. The number of allylic oxidation sites excluding steroid dienone is 16. The number of aliphatic carboxylic acids is 1. The van der Waals surface area contributed by atoms with Crippen molar-refractivity contribution in [2.24, 2.45) is 0 Å². The normalized spacial score (nSPS) is 14.1. The first-order valence-corrected chi connectivity index (χ1v) is 19.4. The van der Waals surface area contributed by atoms with Crippen LogP contribution in [0.5, 0.6) is 0 Å². The maximum atomic E-state index is 12.6. The predicted molar refractivity (Wildman–Crippen MR) is 212 cm³/mol. The Kier molecular flexibility index (Phi) is 31.9. The largest absolute Gasteiger partial charge is 0.544 e. The number of rotatable bonds is 32. The van der Waals surface area contributed by atoms with Crippen LogP contribution in [0.4, 0.5) is 0 Å². The first-order valence-electron chi connectivity index (χ1n) is 19.4. The Bertz CT molecular complexity index is 1170. The molecule has 0 aliphatic carbocycles. The van der Waals surface area contributed by atoms with E-state index in [4.69, 9.17) is 14.2 Å². The zero-order valence-corrected chi connectivity index (χ0v) is 32.9. The molecule has 8 heteroatoms. The van der Waals surface area contributed by atoms with Crippen LogP contribution in [0.25, 0.3) is 0 Å². The molecule has 0 aromatic rings.